The molecule has 0 radical (unpaired) electrons. The lowest BCUT2D eigenvalue weighted by Gasteiger charge is -2.01. The Morgan fingerprint density at radius 3 is 2.65 bits per heavy atom. The summed E-state index contributed by atoms with van der Waals surface area (Å²) in [7, 11) is 1.67. The summed E-state index contributed by atoms with van der Waals surface area (Å²) in [6.07, 6.45) is 3.64. The van der Waals surface area contributed by atoms with E-state index in [0.29, 0.717) is 0 Å². The number of rotatable bonds is 2. The quantitative estimate of drug-likeness (QED) is 0.725. The van der Waals surface area contributed by atoms with Crippen LogP contribution in [0, 0.1) is 0 Å². The molecule has 2 heterocycles. The summed E-state index contributed by atoms with van der Waals surface area (Å²) in [6, 6.07) is 12.1. The molecule has 0 aliphatic carbocycles. The van der Waals surface area contributed by atoms with Crippen molar-refractivity contribution in [1.29, 1.82) is 0 Å². The second-order valence-corrected chi connectivity index (χ2v) is 3.87. The first kappa shape index (κ1) is 9.90. The van der Waals surface area contributed by atoms with Crippen molar-refractivity contribution < 1.29 is 4.74 Å². The molecule has 0 unspecified atom stereocenters. The highest BCUT2D eigenvalue weighted by atomic mass is 16.5. The topological polar surface area (TPSA) is 37.9 Å². The second-order valence-electron chi connectivity index (χ2n) is 3.87. The molecule has 0 spiro atoms. The number of nitrogens with one attached hydrogen (secondary N) is 1. The van der Waals surface area contributed by atoms with Gasteiger partial charge in [0.15, 0.2) is 0 Å². The average molecular weight is 224 g/mol. The van der Waals surface area contributed by atoms with E-state index in [1.165, 1.54) is 5.39 Å². The van der Waals surface area contributed by atoms with E-state index in [-0.39, 0.29) is 0 Å². The predicted molar refractivity (Wildman–Crippen MR) is 68.1 cm³/mol. The largest absolute Gasteiger partial charge is 0.497 e. The number of methoxy groups -OCH3 is 1. The zero-order valence-electron chi connectivity index (χ0n) is 9.47. The Labute approximate surface area is 99.1 Å². The van der Waals surface area contributed by atoms with Gasteiger partial charge in [-0.05, 0) is 42.0 Å². The van der Waals surface area contributed by atoms with Gasteiger partial charge in [0.2, 0.25) is 0 Å². The molecule has 0 amide bonds. The van der Waals surface area contributed by atoms with Crippen LogP contribution in [0.25, 0.3) is 22.2 Å². The third kappa shape index (κ3) is 1.76. The molecule has 3 nitrogen and oxygen atoms in total. The molecule has 1 N–H and O–H groups in total. The van der Waals surface area contributed by atoms with Gasteiger partial charge >= 0.3 is 0 Å². The Balaban J connectivity index is 2.07. The highest BCUT2D eigenvalue weighted by Crippen LogP contribution is 2.25. The fourth-order valence-electron chi connectivity index (χ4n) is 1.90. The first-order valence-corrected chi connectivity index (χ1v) is 5.44. The van der Waals surface area contributed by atoms with Crippen LogP contribution in [0.2, 0.25) is 0 Å². The monoisotopic (exact) mass is 224 g/mol. The van der Waals surface area contributed by atoms with Gasteiger partial charge in [-0.1, -0.05) is 0 Å². The zero-order valence-corrected chi connectivity index (χ0v) is 9.47. The van der Waals surface area contributed by atoms with Gasteiger partial charge in [0.05, 0.1) is 18.8 Å². The number of aromatic nitrogens is 2. The number of benzene rings is 1. The van der Waals surface area contributed by atoms with Crippen LogP contribution >= 0.6 is 0 Å². The van der Waals surface area contributed by atoms with E-state index in [2.05, 4.69) is 16.0 Å². The molecule has 0 atom stereocenters. The molecule has 0 aliphatic heterocycles. The fourth-order valence-corrected chi connectivity index (χ4v) is 1.90. The maximum absolute atomic E-state index is 5.14. The first-order chi connectivity index (χ1) is 8.36. The van der Waals surface area contributed by atoms with E-state index >= 15 is 0 Å². The Kier molecular flexibility index (Phi) is 2.29. The van der Waals surface area contributed by atoms with E-state index in [1.54, 1.807) is 13.3 Å². The molecule has 0 saturated heterocycles. The summed E-state index contributed by atoms with van der Waals surface area (Å²) in [5, 5.41) is 1.17. The maximum atomic E-state index is 5.14. The highest BCUT2D eigenvalue weighted by Gasteiger charge is 2.03. The summed E-state index contributed by atoms with van der Waals surface area (Å²) in [6.45, 7) is 0. The lowest BCUT2D eigenvalue weighted by molar-refractivity contribution is 0.415. The van der Waals surface area contributed by atoms with Gasteiger partial charge in [-0.25, -0.2) is 0 Å². The minimum Gasteiger partial charge on any atom is -0.497 e. The van der Waals surface area contributed by atoms with E-state index in [4.69, 9.17) is 4.74 Å². The van der Waals surface area contributed by atoms with Crippen molar-refractivity contribution in [2.45, 2.75) is 0 Å². The number of hydrogen-bond donors (Lipinski definition) is 1. The highest BCUT2D eigenvalue weighted by molar-refractivity contribution is 5.85. The molecule has 17 heavy (non-hydrogen) atoms. The van der Waals surface area contributed by atoms with Crippen molar-refractivity contribution in [3.63, 3.8) is 0 Å². The Bertz CT molecular complexity index is 608. The van der Waals surface area contributed by atoms with E-state index in [9.17, 15) is 0 Å². The summed E-state index contributed by atoms with van der Waals surface area (Å²) in [5.41, 5.74) is 3.29. The lowest BCUT2D eigenvalue weighted by Crippen LogP contribution is -1.82. The van der Waals surface area contributed by atoms with E-state index < -0.39 is 0 Å². The fraction of sp³-hybridized carbons (Fsp3) is 0.0714. The molecule has 2 aromatic heterocycles. The smallest absolute Gasteiger partial charge is 0.118 e. The number of pyridine rings is 1. The van der Waals surface area contributed by atoms with Crippen LogP contribution < -0.4 is 4.74 Å². The molecule has 84 valence electrons. The normalized spacial score (nSPS) is 10.6. The van der Waals surface area contributed by atoms with Crippen LogP contribution in [-0.4, -0.2) is 17.1 Å². The van der Waals surface area contributed by atoms with Crippen molar-refractivity contribution in [3.05, 3.63) is 48.8 Å². The van der Waals surface area contributed by atoms with Gasteiger partial charge in [-0.2, -0.15) is 0 Å². The van der Waals surface area contributed by atoms with Crippen LogP contribution in [0.15, 0.2) is 48.8 Å². The predicted octanol–water partition coefficient (Wildman–Crippen LogP) is 3.24. The Morgan fingerprint density at radius 2 is 1.94 bits per heavy atom. The van der Waals surface area contributed by atoms with Crippen LogP contribution in [0.4, 0.5) is 0 Å². The van der Waals surface area contributed by atoms with Crippen molar-refractivity contribution in [2.24, 2.45) is 0 Å². The van der Waals surface area contributed by atoms with Crippen LogP contribution in [0.5, 0.6) is 5.75 Å². The standard InChI is InChI=1S/C14H12N2O/c1-17-12-4-2-10(3-5-12)13-8-11-6-7-15-9-14(11)16-13/h2-9,16H,1H3. The molecular weight excluding hydrogens is 212 g/mol. The molecule has 0 aliphatic rings. The molecule has 0 bridgehead atoms. The molecule has 0 fully saturated rings. The lowest BCUT2D eigenvalue weighted by atomic mass is 10.1. The van der Waals surface area contributed by atoms with Crippen LogP contribution in [-0.2, 0) is 0 Å². The van der Waals surface area contributed by atoms with Gasteiger partial charge in [0, 0.05) is 17.3 Å². The first-order valence-electron chi connectivity index (χ1n) is 5.44. The number of fused-ring (bicyclic) bond motifs is 1. The summed E-state index contributed by atoms with van der Waals surface area (Å²) in [5.74, 6) is 0.867. The average Bonchev–Trinajstić information content (AvgIpc) is 2.82. The van der Waals surface area contributed by atoms with Crippen molar-refractivity contribution >= 4 is 10.9 Å². The van der Waals surface area contributed by atoms with E-state index in [1.807, 2.05) is 36.5 Å². The number of nitrogens with zero attached hydrogens (tertiary/aromatic N) is 1. The van der Waals surface area contributed by atoms with Gasteiger partial charge < -0.3 is 9.72 Å². The molecule has 3 aromatic rings. The number of hydrogen-bond acceptors (Lipinski definition) is 2. The van der Waals surface area contributed by atoms with Crippen molar-refractivity contribution in [2.75, 3.05) is 7.11 Å². The maximum Gasteiger partial charge on any atom is 0.118 e. The van der Waals surface area contributed by atoms with Gasteiger partial charge in [-0.3, -0.25) is 4.98 Å². The number of ether oxygens (including phenoxy) is 1. The van der Waals surface area contributed by atoms with Crippen LogP contribution in [0.3, 0.4) is 0 Å². The second kappa shape index (κ2) is 3.94. The molecule has 1 aromatic carbocycles. The number of aromatic amines is 1. The molecule has 3 heteroatoms. The molecule has 3 rings (SSSR count). The Morgan fingerprint density at radius 1 is 1.12 bits per heavy atom. The van der Waals surface area contributed by atoms with Gasteiger partial charge in [0.25, 0.3) is 0 Å². The molecular formula is C14H12N2O. The summed E-state index contributed by atoms with van der Waals surface area (Å²) >= 11 is 0. The SMILES string of the molecule is COc1ccc(-c2cc3ccncc3[nH]2)cc1. The van der Waals surface area contributed by atoms with Crippen LogP contribution in [0.1, 0.15) is 0 Å². The summed E-state index contributed by atoms with van der Waals surface area (Å²) < 4.78 is 5.14. The van der Waals surface area contributed by atoms with Crippen molar-refractivity contribution in [1.82, 2.24) is 9.97 Å². The minimum atomic E-state index is 0.867. The third-order valence-corrected chi connectivity index (χ3v) is 2.82. The van der Waals surface area contributed by atoms with Gasteiger partial charge in [-0.15, -0.1) is 0 Å². The minimum absolute atomic E-state index is 0.867. The van der Waals surface area contributed by atoms with Crippen molar-refractivity contribution in [3.8, 4) is 17.0 Å². The summed E-state index contributed by atoms with van der Waals surface area (Å²) in [4.78, 5) is 7.44. The van der Waals surface area contributed by atoms with Gasteiger partial charge in [0.1, 0.15) is 5.75 Å². The number of H-pyrrole nitrogens is 1. The van der Waals surface area contributed by atoms with E-state index in [0.717, 1.165) is 22.5 Å². The Hall–Kier alpha value is -2.29. The zero-order chi connectivity index (χ0) is 11.7. The molecule has 0 saturated carbocycles. The third-order valence-electron chi connectivity index (χ3n) is 2.82.